The smallest absolute Gasteiger partial charge is 0.262 e. The monoisotopic (exact) mass is 375 g/mol. The maximum atomic E-state index is 12.9. The van der Waals surface area contributed by atoms with Crippen LogP contribution >= 0.6 is 22.9 Å². The number of fused-ring (bicyclic) bond motifs is 2. The predicted molar refractivity (Wildman–Crippen MR) is 97.8 cm³/mol. The number of benzene rings is 1. The van der Waals surface area contributed by atoms with Crippen LogP contribution in [0.25, 0.3) is 10.2 Å². The molecule has 2 aromatic heterocycles. The number of nitrogens with zero attached hydrogens (tertiary/aromatic N) is 3. The van der Waals surface area contributed by atoms with Crippen LogP contribution in [0.3, 0.4) is 0 Å². The van der Waals surface area contributed by atoms with E-state index in [1.807, 2.05) is 12.3 Å². The highest BCUT2D eigenvalue weighted by atomic mass is 35.5. The van der Waals surface area contributed by atoms with Gasteiger partial charge in [-0.3, -0.25) is 14.2 Å². The molecular formula is C17H14ClN3O3S. The highest BCUT2D eigenvalue weighted by Crippen LogP contribution is 2.36. The molecule has 6 nitrogen and oxygen atoms in total. The van der Waals surface area contributed by atoms with E-state index >= 15 is 0 Å². The standard InChI is InChI=1S/C17H14ClN3O3S/c1-10-8-24-14-6-11(18)2-3-13(14)21(10)15(22)7-20-9-19-16-12(17(20)23)4-5-25-16/h2-6,9-10H,7-8H2,1H3. The number of anilines is 1. The summed E-state index contributed by atoms with van der Waals surface area (Å²) in [7, 11) is 0. The van der Waals surface area contributed by atoms with E-state index < -0.39 is 0 Å². The number of aromatic nitrogens is 2. The summed E-state index contributed by atoms with van der Waals surface area (Å²) in [6.45, 7) is 2.19. The Bertz CT molecular complexity index is 1030. The normalized spacial score (nSPS) is 16.6. The highest BCUT2D eigenvalue weighted by Gasteiger charge is 2.30. The molecule has 25 heavy (non-hydrogen) atoms. The molecule has 1 atom stereocenters. The summed E-state index contributed by atoms with van der Waals surface area (Å²) in [5, 5.41) is 2.89. The van der Waals surface area contributed by atoms with Crippen LogP contribution < -0.4 is 15.2 Å². The molecule has 1 unspecified atom stereocenters. The lowest BCUT2D eigenvalue weighted by atomic mass is 10.1. The fraction of sp³-hybridized carbons (Fsp3) is 0.235. The number of amides is 1. The van der Waals surface area contributed by atoms with Crippen molar-refractivity contribution in [1.82, 2.24) is 9.55 Å². The third-order valence-electron chi connectivity index (χ3n) is 4.13. The quantitative estimate of drug-likeness (QED) is 0.690. The fourth-order valence-electron chi connectivity index (χ4n) is 2.93. The first-order valence-corrected chi connectivity index (χ1v) is 8.97. The molecule has 0 fully saturated rings. The van der Waals surface area contributed by atoms with E-state index in [2.05, 4.69) is 4.98 Å². The third kappa shape index (κ3) is 2.79. The number of carbonyl (C=O) groups excluding carboxylic acids is 1. The molecule has 3 aromatic rings. The third-order valence-corrected chi connectivity index (χ3v) is 5.18. The molecule has 8 heteroatoms. The van der Waals surface area contributed by atoms with Crippen LogP contribution in [0, 0.1) is 0 Å². The molecule has 0 saturated carbocycles. The van der Waals surface area contributed by atoms with Gasteiger partial charge in [0.2, 0.25) is 5.91 Å². The number of hydrogen-bond acceptors (Lipinski definition) is 5. The van der Waals surface area contributed by atoms with Gasteiger partial charge in [-0.25, -0.2) is 4.98 Å². The zero-order valence-corrected chi connectivity index (χ0v) is 14.9. The highest BCUT2D eigenvalue weighted by molar-refractivity contribution is 7.16. The number of carbonyl (C=O) groups is 1. The van der Waals surface area contributed by atoms with Gasteiger partial charge in [-0.05, 0) is 30.5 Å². The van der Waals surface area contributed by atoms with Crippen LogP contribution in [0.4, 0.5) is 5.69 Å². The van der Waals surface area contributed by atoms with Crippen LogP contribution in [0.15, 0.2) is 40.8 Å². The molecule has 0 spiro atoms. The SMILES string of the molecule is CC1COc2cc(Cl)ccc2N1C(=O)Cn1cnc2sccc2c1=O. The lowest BCUT2D eigenvalue weighted by molar-refractivity contribution is -0.120. The average molecular weight is 376 g/mol. The van der Waals surface area contributed by atoms with Gasteiger partial charge in [0.1, 0.15) is 23.7 Å². The van der Waals surface area contributed by atoms with Gasteiger partial charge in [-0.2, -0.15) is 0 Å². The van der Waals surface area contributed by atoms with Crippen molar-refractivity contribution in [3.63, 3.8) is 0 Å². The summed E-state index contributed by atoms with van der Waals surface area (Å²) in [6.07, 6.45) is 1.42. The second-order valence-electron chi connectivity index (χ2n) is 5.85. The number of thiophene rings is 1. The Morgan fingerprint density at radius 2 is 2.28 bits per heavy atom. The molecule has 0 saturated heterocycles. The lowest BCUT2D eigenvalue weighted by Crippen LogP contribution is -2.47. The largest absolute Gasteiger partial charge is 0.489 e. The molecule has 1 aromatic carbocycles. The second-order valence-corrected chi connectivity index (χ2v) is 7.18. The minimum absolute atomic E-state index is 0.0793. The Labute approximate surface area is 152 Å². The van der Waals surface area contributed by atoms with Crippen molar-refractivity contribution in [1.29, 1.82) is 0 Å². The molecular weight excluding hydrogens is 362 g/mol. The topological polar surface area (TPSA) is 64.4 Å². The number of ether oxygens (including phenoxy) is 1. The second kappa shape index (κ2) is 6.16. The first-order valence-electron chi connectivity index (χ1n) is 7.71. The zero-order chi connectivity index (χ0) is 17.6. The van der Waals surface area contributed by atoms with E-state index in [1.54, 1.807) is 29.2 Å². The Balaban J connectivity index is 1.68. The van der Waals surface area contributed by atoms with Crippen molar-refractivity contribution < 1.29 is 9.53 Å². The Kier molecular flexibility index (Phi) is 3.97. The number of halogens is 1. The average Bonchev–Trinajstić information content (AvgIpc) is 3.07. The predicted octanol–water partition coefficient (Wildman–Crippen LogP) is 2.93. The van der Waals surface area contributed by atoms with E-state index in [0.717, 1.165) is 0 Å². The van der Waals surface area contributed by atoms with Gasteiger partial charge in [0.25, 0.3) is 5.56 Å². The molecule has 0 aliphatic carbocycles. The zero-order valence-electron chi connectivity index (χ0n) is 13.3. The molecule has 1 aliphatic heterocycles. The van der Waals surface area contributed by atoms with Gasteiger partial charge in [0.15, 0.2) is 0 Å². The van der Waals surface area contributed by atoms with Gasteiger partial charge < -0.3 is 9.64 Å². The van der Waals surface area contributed by atoms with Crippen LogP contribution in [0.5, 0.6) is 5.75 Å². The summed E-state index contributed by atoms with van der Waals surface area (Å²) in [4.78, 5) is 32.0. The van der Waals surface area contributed by atoms with E-state index in [9.17, 15) is 9.59 Å². The van der Waals surface area contributed by atoms with Crippen LogP contribution in [-0.4, -0.2) is 28.1 Å². The fourth-order valence-corrected chi connectivity index (χ4v) is 3.82. The molecule has 0 bridgehead atoms. The van der Waals surface area contributed by atoms with E-state index in [4.69, 9.17) is 16.3 Å². The van der Waals surface area contributed by atoms with Crippen LogP contribution in [0.2, 0.25) is 5.02 Å². The van der Waals surface area contributed by atoms with Crippen LogP contribution in [-0.2, 0) is 11.3 Å². The summed E-state index contributed by atoms with van der Waals surface area (Å²) < 4.78 is 7.00. The van der Waals surface area contributed by atoms with Crippen LogP contribution in [0.1, 0.15) is 6.92 Å². The van der Waals surface area contributed by atoms with Gasteiger partial charge >= 0.3 is 0 Å². The Hall–Kier alpha value is -2.38. The summed E-state index contributed by atoms with van der Waals surface area (Å²) in [5.74, 6) is 0.371. The van der Waals surface area contributed by atoms with E-state index in [-0.39, 0.29) is 24.1 Å². The minimum Gasteiger partial charge on any atom is -0.489 e. The Morgan fingerprint density at radius 3 is 3.12 bits per heavy atom. The van der Waals surface area contributed by atoms with Crippen molar-refractivity contribution in [3.05, 3.63) is 51.3 Å². The molecule has 128 valence electrons. The van der Waals surface area contributed by atoms with Gasteiger partial charge in [0, 0.05) is 11.1 Å². The van der Waals surface area contributed by atoms with Crippen molar-refractivity contribution in [3.8, 4) is 5.75 Å². The number of hydrogen-bond donors (Lipinski definition) is 0. The summed E-state index contributed by atoms with van der Waals surface area (Å²) in [5.41, 5.74) is 0.447. The minimum atomic E-state index is -0.211. The molecule has 1 amide bonds. The number of rotatable bonds is 2. The van der Waals surface area contributed by atoms with Gasteiger partial charge in [-0.1, -0.05) is 11.6 Å². The molecule has 1 aliphatic rings. The van der Waals surface area contributed by atoms with Gasteiger partial charge in [-0.15, -0.1) is 11.3 Å². The molecule has 4 rings (SSSR count). The van der Waals surface area contributed by atoms with Crippen molar-refractivity contribution in [2.24, 2.45) is 0 Å². The van der Waals surface area contributed by atoms with E-state index in [0.29, 0.717) is 33.3 Å². The molecule has 0 radical (unpaired) electrons. The maximum Gasteiger partial charge on any atom is 0.262 e. The lowest BCUT2D eigenvalue weighted by Gasteiger charge is -2.35. The van der Waals surface area contributed by atoms with Gasteiger partial charge in [0.05, 0.1) is 23.4 Å². The summed E-state index contributed by atoms with van der Waals surface area (Å²) >= 11 is 7.40. The van der Waals surface area contributed by atoms with Crippen molar-refractivity contribution >= 4 is 44.7 Å². The van der Waals surface area contributed by atoms with E-state index in [1.165, 1.54) is 22.2 Å². The van der Waals surface area contributed by atoms with Crippen molar-refractivity contribution in [2.45, 2.75) is 19.5 Å². The maximum absolute atomic E-state index is 12.9. The van der Waals surface area contributed by atoms with Crippen molar-refractivity contribution in [2.75, 3.05) is 11.5 Å². The molecule has 0 N–H and O–H groups in total. The first kappa shape index (κ1) is 16.1. The first-order chi connectivity index (χ1) is 12.0. The summed E-state index contributed by atoms with van der Waals surface area (Å²) in [6, 6.07) is 6.75. The molecule has 3 heterocycles. The Morgan fingerprint density at radius 1 is 1.44 bits per heavy atom.